The first-order chi connectivity index (χ1) is 20.7. The van der Waals surface area contributed by atoms with E-state index in [1.807, 2.05) is 12.1 Å². The van der Waals surface area contributed by atoms with Crippen LogP contribution in [0.3, 0.4) is 0 Å². The maximum Gasteiger partial charge on any atom is 0.160 e. The Morgan fingerprint density at radius 1 is 0.429 bits per heavy atom. The van der Waals surface area contributed by atoms with Gasteiger partial charge in [0.2, 0.25) is 0 Å². The summed E-state index contributed by atoms with van der Waals surface area (Å²) in [7, 11) is 0. The molecule has 42 heavy (non-hydrogen) atoms. The van der Waals surface area contributed by atoms with E-state index in [0.717, 1.165) is 60.5 Å². The van der Waals surface area contributed by atoms with Gasteiger partial charge in [0, 0.05) is 37.7 Å². The molecule has 4 nitrogen and oxygen atoms in total. The van der Waals surface area contributed by atoms with Gasteiger partial charge >= 0.3 is 0 Å². The summed E-state index contributed by atoms with van der Waals surface area (Å²) < 4.78 is 17.3. The normalized spacial score (nSPS) is 12.5. The number of fused-ring (bicyclic) bond motifs is 14. The lowest BCUT2D eigenvalue weighted by Crippen LogP contribution is -1.82. The zero-order valence-corrected chi connectivity index (χ0v) is 26.2. The average molecular weight is 764 g/mol. The van der Waals surface area contributed by atoms with E-state index >= 15 is 0 Å². The maximum absolute atomic E-state index is 6.63. The van der Waals surface area contributed by atoms with Crippen LogP contribution in [0.2, 0.25) is 0 Å². The van der Waals surface area contributed by atoms with E-state index in [4.69, 9.17) is 8.83 Å². The van der Waals surface area contributed by atoms with E-state index in [2.05, 4.69) is 148 Å². The molecule has 0 saturated carbocycles. The van der Waals surface area contributed by atoms with Crippen molar-refractivity contribution >= 4 is 133 Å². The molecule has 6 heteroatoms. The molecular weight excluding hydrogens is 746 g/mol. The Morgan fingerprint density at radius 2 is 1.07 bits per heavy atom. The van der Waals surface area contributed by atoms with Gasteiger partial charge in [-0.3, -0.25) is 5.56 Å². The fourth-order valence-corrected chi connectivity index (χ4v) is 8.65. The molecule has 0 radical (unpaired) electrons. The minimum absolute atomic E-state index is 0.901. The molecule has 0 fully saturated rings. The van der Waals surface area contributed by atoms with E-state index in [1.54, 1.807) is 0 Å². The van der Waals surface area contributed by atoms with Crippen LogP contribution >= 0.6 is 45.7 Å². The third-order valence-electron chi connectivity index (χ3n) is 8.76. The Bertz CT molecular complexity index is 2780. The highest BCUT2D eigenvalue weighted by molar-refractivity contribution is 14.1. The summed E-state index contributed by atoms with van der Waals surface area (Å²) in [6.07, 6.45) is 0. The monoisotopic (exact) mass is 764 g/mol. The fourth-order valence-electron chi connectivity index (χ4n) is 6.85. The largest absolute Gasteiger partial charge is 0.456 e. The first kappa shape index (κ1) is 23.5. The molecule has 0 aliphatic heterocycles. The molecule has 10 rings (SSSR count). The maximum atomic E-state index is 6.63. The second-order valence-electron chi connectivity index (χ2n) is 10.9. The Morgan fingerprint density at radius 3 is 1.98 bits per heavy atom. The first-order valence-corrected chi connectivity index (χ1v) is 15.7. The number of nitrogens with zero attached hydrogens (tertiary/aromatic N) is 2. The summed E-state index contributed by atoms with van der Waals surface area (Å²) in [6.45, 7) is 0. The third-order valence-corrected chi connectivity index (χ3v) is 10.8. The van der Waals surface area contributed by atoms with Crippen LogP contribution in [-0.2, 0) is 0 Å². The van der Waals surface area contributed by atoms with Crippen LogP contribution in [0.1, 0.15) is 0 Å². The van der Waals surface area contributed by atoms with Gasteiger partial charge in [-0.25, -0.2) is 0 Å². The van der Waals surface area contributed by atoms with Crippen LogP contribution in [0.25, 0.3) is 98.6 Å². The molecule has 0 bridgehead atoms. The van der Waals surface area contributed by atoms with Crippen molar-refractivity contribution < 1.29 is 8.83 Å². The number of halogens is 2. The Kier molecular flexibility index (Phi) is 4.65. The molecule has 4 heterocycles. The van der Waals surface area contributed by atoms with Crippen LogP contribution in [0.5, 0.6) is 0 Å². The van der Waals surface area contributed by atoms with Crippen LogP contribution in [0.4, 0.5) is 0 Å². The van der Waals surface area contributed by atoms with Crippen molar-refractivity contribution in [1.82, 2.24) is 5.56 Å². The van der Waals surface area contributed by atoms with Gasteiger partial charge in [0.15, 0.2) is 5.58 Å². The summed E-state index contributed by atoms with van der Waals surface area (Å²) in [5.74, 6) is 0. The van der Waals surface area contributed by atoms with Crippen LogP contribution < -0.4 is 0 Å². The molecule has 6 aromatic carbocycles. The van der Waals surface area contributed by atoms with Gasteiger partial charge < -0.3 is 8.83 Å². The number of furan rings is 2. The minimum atomic E-state index is 0.901. The van der Waals surface area contributed by atoms with E-state index in [0.29, 0.717) is 0 Å². The lowest BCUT2D eigenvalue weighted by Gasteiger charge is -2.03. The molecule has 0 amide bonds. The van der Waals surface area contributed by atoms with Gasteiger partial charge in [0.1, 0.15) is 22.3 Å². The number of rotatable bonds is 1. The van der Waals surface area contributed by atoms with E-state index in [-0.39, 0.29) is 0 Å². The molecule has 0 atom stereocenters. The number of benzene rings is 6. The summed E-state index contributed by atoms with van der Waals surface area (Å²) in [5, 5.41) is 9.51. The highest BCUT2D eigenvalue weighted by atomic mass is 127. The summed E-state index contributed by atoms with van der Waals surface area (Å²) in [4.78, 5) is 0. The van der Waals surface area contributed by atoms with Crippen molar-refractivity contribution in [2.75, 3.05) is 0 Å². The van der Waals surface area contributed by atoms with Crippen molar-refractivity contribution in [3.63, 3.8) is 0 Å². The standard InChI is InChI=1S/C36H18I2N2O2/c37-39-28-7-3-1-5-21(28)25-13-14-26-23-12-10-20(18-32(23)42-36(26)35(25)39)19-9-11-22-24-15-16-31-33(34(24)40(38)29(22)17-19)27-6-2-4-8-30(27)41-31/h1-18H. The molecule has 0 saturated heterocycles. The number of hydrogen-bond acceptors (Lipinski definition) is 2. The van der Waals surface area contributed by atoms with E-state index < -0.39 is 0 Å². The topological polar surface area (TPSA) is 36.1 Å². The highest BCUT2D eigenvalue weighted by Gasteiger charge is 2.19. The van der Waals surface area contributed by atoms with Gasteiger partial charge in [0.25, 0.3) is 0 Å². The average Bonchev–Trinajstić information content (AvgIpc) is 3.75. The Labute approximate surface area is 266 Å². The predicted molar refractivity (Wildman–Crippen MR) is 191 cm³/mol. The third kappa shape index (κ3) is 2.96. The minimum Gasteiger partial charge on any atom is -0.456 e. The van der Waals surface area contributed by atoms with Gasteiger partial charge in [-0.15, -0.1) is 0 Å². The molecule has 0 aliphatic carbocycles. The molecule has 4 aromatic heterocycles. The fraction of sp³-hybridized carbons (Fsp3) is 0. The number of para-hydroxylation sites is 2. The molecule has 0 unspecified atom stereocenters. The predicted octanol–water partition coefficient (Wildman–Crippen LogP) is 11.8. The van der Waals surface area contributed by atoms with E-state index in [9.17, 15) is 0 Å². The van der Waals surface area contributed by atoms with Crippen LogP contribution in [0.15, 0.2) is 118 Å². The van der Waals surface area contributed by atoms with Gasteiger partial charge in [0.05, 0.1) is 67.7 Å². The quantitative estimate of drug-likeness (QED) is 0.156. The SMILES string of the molecule is In1c2ccccc2c2ccc3c4ccc(-c5ccc6c7ccc8oc9ccccc9c8c7n(I)c6c5)cc4oc3c21. The van der Waals surface area contributed by atoms with Gasteiger partial charge in [-0.1, -0.05) is 60.7 Å². The second-order valence-corrected chi connectivity index (χ2v) is 12.8. The molecular formula is C36H18I2N2O2. The van der Waals surface area contributed by atoms with Crippen molar-refractivity contribution in [3.05, 3.63) is 109 Å². The van der Waals surface area contributed by atoms with Crippen LogP contribution in [-0.4, -0.2) is 5.56 Å². The zero-order chi connectivity index (χ0) is 27.7. The molecule has 198 valence electrons. The summed E-state index contributed by atoms with van der Waals surface area (Å²) >= 11 is 4.83. The smallest absolute Gasteiger partial charge is 0.160 e. The van der Waals surface area contributed by atoms with Crippen LogP contribution in [0, 0.1) is 0 Å². The Hall–Kier alpha value is -4.02. The summed E-state index contributed by atoms with van der Waals surface area (Å²) in [5.41, 5.74) is 10.7. The van der Waals surface area contributed by atoms with E-state index in [1.165, 1.54) is 38.1 Å². The molecule has 0 N–H and O–H groups in total. The number of hydrogen-bond donors (Lipinski definition) is 0. The highest BCUT2D eigenvalue weighted by Crippen LogP contribution is 2.43. The summed E-state index contributed by atoms with van der Waals surface area (Å²) in [6, 6.07) is 38.9. The van der Waals surface area contributed by atoms with Gasteiger partial charge in [-0.2, -0.15) is 0 Å². The molecule has 0 spiro atoms. The Balaban J connectivity index is 1.19. The first-order valence-electron chi connectivity index (χ1n) is 13.8. The van der Waals surface area contributed by atoms with Crippen molar-refractivity contribution in [2.45, 2.75) is 0 Å². The zero-order valence-electron chi connectivity index (χ0n) is 21.9. The van der Waals surface area contributed by atoms with Crippen molar-refractivity contribution in [2.24, 2.45) is 0 Å². The number of aromatic nitrogens is 2. The second kappa shape index (κ2) is 8.29. The lowest BCUT2D eigenvalue weighted by atomic mass is 10.0. The van der Waals surface area contributed by atoms with Crippen molar-refractivity contribution in [1.29, 1.82) is 0 Å². The molecule has 10 aromatic rings. The lowest BCUT2D eigenvalue weighted by molar-refractivity contribution is 0.669. The van der Waals surface area contributed by atoms with Crippen molar-refractivity contribution in [3.8, 4) is 11.1 Å². The van der Waals surface area contributed by atoms with Gasteiger partial charge in [-0.05, 0) is 59.7 Å². The molecule has 0 aliphatic rings.